The number of halogens is 1. The zero-order valence-electron chi connectivity index (χ0n) is 11.1. The molecule has 2 N–H and O–H groups in total. The van der Waals surface area contributed by atoms with Crippen LogP contribution in [0.5, 0.6) is 5.75 Å². The third kappa shape index (κ3) is 3.50. The van der Waals surface area contributed by atoms with Crippen molar-refractivity contribution in [1.29, 1.82) is 0 Å². The monoisotopic (exact) mass is 341 g/mol. The number of rotatable bonds is 6. The first kappa shape index (κ1) is 14.8. The quantitative estimate of drug-likeness (QED) is 0.831. The molecule has 108 valence electrons. The molecule has 2 rings (SSSR count). The second kappa shape index (κ2) is 5.83. The molecule has 0 aromatic heterocycles. The summed E-state index contributed by atoms with van der Waals surface area (Å²) < 4.78 is 6.24. The summed E-state index contributed by atoms with van der Waals surface area (Å²) in [7, 11) is 0. The van der Waals surface area contributed by atoms with Crippen LogP contribution >= 0.6 is 15.9 Å². The van der Waals surface area contributed by atoms with Gasteiger partial charge in [0.1, 0.15) is 11.3 Å². The molecule has 0 aliphatic heterocycles. The van der Waals surface area contributed by atoms with Crippen molar-refractivity contribution in [3.8, 4) is 5.75 Å². The number of carboxylic acids is 1. The predicted molar refractivity (Wildman–Crippen MR) is 76.5 cm³/mol. The zero-order chi connectivity index (χ0) is 14.8. The summed E-state index contributed by atoms with van der Waals surface area (Å²) in [6.07, 6.45) is 1.66. The smallest absolute Gasteiger partial charge is 0.329 e. The van der Waals surface area contributed by atoms with E-state index in [-0.39, 0.29) is 12.5 Å². The number of carbonyl (C=O) groups is 2. The first-order valence-corrected chi connectivity index (χ1v) is 7.14. The zero-order valence-corrected chi connectivity index (χ0v) is 12.6. The minimum atomic E-state index is -1.19. The molecule has 1 aromatic carbocycles. The van der Waals surface area contributed by atoms with Gasteiger partial charge in [-0.3, -0.25) is 4.79 Å². The van der Waals surface area contributed by atoms with Gasteiger partial charge in [0.2, 0.25) is 0 Å². The lowest BCUT2D eigenvalue weighted by Crippen LogP contribution is -2.55. The van der Waals surface area contributed by atoms with Gasteiger partial charge in [-0.05, 0) is 49.9 Å². The molecule has 1 saturated carbocycles. The molecular weight excluding hydrogens is 326 g/mol. The molecule has 0 saturated heterocycles. The van der Waals surface area contributed by atoms with Crippen LogP contribution in [0.15, 0.2) is 28.7 Å². The highest BCUT2D eigenvalue weighted by Gasteiger charge is 2.48. The SMILES string of the molecule is CC(NC(=O)COc1ccc(Br)cc1)(C(=O)O)C1CC1. The van der Waals surface area contributed by atoms with Crippen molar-refractivity contribution in [3.05, 3.63) is 28.7 Å². The average molecular weight is 342 g/mol. The van der Waals surface area contributed by atoms with Gasteiger partial charge in [-0.25, -0.2) is 4.79 Å². The molecular formula is C14H16BrNO4. The lowest BCUT2D eigenvalue weighted by atomic mass is 9.96. The first-order chi connectivity index (χ1) is 9.41. The molecule has 20 heavy (non-hydrogen) atoms. The van der Waals surface area contributed by atoms with E-state index in [9.17, 15) is 14.7 Å². The van der Waals surface area contributed by atoms with Gasteiger partial charge in [0.05, 0.1) is 0 Å². The number of carbonyl (C=O) groups excluding carboxylic acids is 1. The standard InChI is InChI=1S/C14H16BrNO4/c1-14(13(18)19,9-2-3-9)16-12(17)8-20-11-6-4-10(15)5-7-11/h4-7,9H,2-3,8H2,1H3,(H,16,17)(H,18,19). The fourth-order valence-corrected chi connectivity index (χ4v) is 2.26. The molecule has 1 atom stereocenters. The predicted octanol–water partition coefficient (Wildman–Crippen LogP) is 2.20. The molecule has 0 radical (unpaired) electrons. The van der Waals surface area contributed by atoms with Crippen molar-refractivity contribution in [3.63, 3.8) is 0 Å². The molecule has 1 aliphatic carbocycles. The van der Waals surface area contributed by atoms with E-state index in [2.05, 4.69) is 21.2 Å². The number of hydrogen-bond acceptors (Lipinski definition) is 3. The second-order valence-corrected chi connectivity index (χ2v) is 5.99. The molecule has 1 fully saturated rings. The molecule has 1 aliphatic rings. The van der Waals surface area contributed by atoms with Gasteiger partial charge >= 0.3 is 5.97 Å². The Morgan fingerprint density at radius 1 is 1.40 bits per heavy atom. The Morgan fingerprint density at radius 2 is 2.00 bits per heavy atom. The maximum atomic E-state index is 11.8. The lowest BCUT2D eigenvalue weighted by molar-refractivity contribution is -0.148. The van der Waals surface area contributed by atoms with Crippen molar-refractivity contribution in [2.75, 3.05) is 6.61 Å². The Balaban J connectivity index is 1.88. The molecule has 1 amide bonds. The maximum absolute atomic E-state index is 11.8. The van der Waals surface area contributed by atoms with Crippen LogP contribution in [0, 0.1) is 5.92 Å². The molecule has 0 heterocycles. The number of hydrogen-bond donors (Lipinski definition) is 2. The van der Waals surface area contributed by atoms with Crippen molar-refractivity contribution in [2.45, 2.75) is 25.3 Å². The van der Waals surface area contributed by atoms with Gasteiger partial charge in [-0.2, -0.15) is 0 Å². The summed E-state index contributed by atoms with van der Waals surface area (Å²) in [5.74, 6) is -0.856. The minimum absolute atomic E-state index is 0.0108. The third-order valence-corrected chi connectivity index (χ3v) is 3.95. The average Bonchev–Trinajstić information content (AvgIpc) is 3.22. The first-order valence-electron chi connectivity index (χ1n) is 6.34. The summed E-state index contributed by atoms with van der Waals surface area (Å²) in [5.41, 5.74) is -1.19. The van der Waals surface area contributed by atoms with Crippen LogP contribution in [-0.4, -0.2) is 29.1 Å². The topological polar surface area (TPSA) is 75.6 Å². The van der Waals surface area contributed by atoms with Crippen LogP contribution in [-0.2, 0) is 9.59 Å². The van der Waals surface area contributed by atoms with E-state index < -0.39 is 17.4 Å². The van der Waals surface area contributed by atoms with Crippen LogP contribution in [0.3, 0.4) is 0 Å². The van der Waals surface area contributed by atoms with E-state index in [4.69, 9.17) is 4.74 Å². The summed E-state index contributed by atoms with van der Waals surface area (Å²) in [5, 5.41) is 11.8. The van der Waals surface area contributed by atoms with Crippen molar-refractivity contribution >= 4 is 27.8 Å². The fraction of sp³-hybridized carbons (Fsp3) is 0.429. The Hall–Kier alpha value is -1.56. The minimum Gasteiger partial charge on any atom is -0.484 e. The lowest BCUT2D eigenvalue weighted by Gasteiger charge is -2.26. The molecule has 5 nitrogen and oxygen atoms in total. The Morgan fingerprint density at radius 3 is 2.50 bits per heavy atom. The number of ether oxygens (including phenoxy) is 1. The van der Waals surface area contributed by atoms with Crippen LogP contribution in [0.25, 0.3) is 0 Å². The number of carboxylic acid groups (broad SMARTS) is 1. The van der Waals surface area contributed by atoms with Crippen LogP contribution in [0.2, 0.25) is 0 Å². The van der Waals surface area contributed by atoms with Gasteiger partial charge in [-0.15, -0.1) is 0 Å². The molecule has 0 spiro atoms. The van der Waals surface area contributed by atoms with E-state index in [0.29, 0.717) is 5.75 Å². The van der Waals surface area contributed by atoms with E-state index in [0.717, 1.165) is 17.3 Å². The maximum Gasteiger partial charge on any atom is 0.329 e. The van der Waals surface area contributed by atoms with Gasteiger partial charge < -0.3 is 15.2 Å². The van der Waals surface area contributed by atoms with E-state index in [1.165, 1.54) is 0 Å². The Kier molecular flexibility index (Phi) is 4.32. The highest BCUT2D eigenvalue weighted by atomic mass is 79.9. The molecule has 1 aromatic rings. The van der Waals surface area contributed by atoms with Gasteiger partial charge in [0, 0.05) is 4.47 Å². The molecule has 1 unspecified atom stereocenters. The largest absolute Gasteiger partial charge is 0.484 e. The highest BCUT2D eigenvalue weighted by Crippen LogP contribution is 2.39. The van der Waals surface area contributed by atoms with Crippen molar-refractivity contribution in [2.24, 2.45) is 5.92 Å². The van der Waals surface area contributed by atoms with Crippen LogP contribution < -0.4 is 10.1 Å². The summed E-state index contributed by atoms with van der Waals surface area (Å²) >= 11 is 3.30. The summed E-state index contributed by atoms with van der Waals surface area (Å²) in [6, 6.07) is 7.07. The third-order valence-electron chi connectivity index (χ3n) is 3.42. The summed E-state index contributed by atoms with van der Waals surface area (Å²) in [6.45, 7) is 1.35. The number of aliphatic carboxylic acids is 1. The number of amides is 1. The van der Waals surface area contributed by atoms with Crippen molar-refractivity contribution in [1.82, 2.24) is 5.32 Å². The molecule has 0 bridgehead atoms. The van der Waals surface area contributed by atoms with E-state index >= 15 is 0 Å². The Labute approximate surface area is 125 Å². The normalized spacial score (nSPS) is 17.1. The van der Waals surface area contributed by atoms with Crippen LogP contribution in [0.1, 0.15) is 19.8 Å². The molecule has 6 heteroatoms. The van der Waals surface area contributed by atoms with Gasteiger partial charge in [-0.1, -0.05) is 15.9 Å². The second-order valence-electron chi connectivity index (χ2n) is 5.07. The Bertz CT molecular complexity index is 512. The number of nitrogens with one attached hydrogen (secondary N) is 1. The fourth-order valence-electron chi connectivity index (χ4n) is 2.00. The van der Waals surface area contributed by atoms with Crippen molar-refractivity contribution < 1.29 is 19.4 Å². The summed E-state index contributed by atoms with van der Waals surface area (Å²) in [4.78, 5) is 23.1. The van der Waals surface area contributed by atoms with Gasteiger partial charge in [0.15, 0.2) is 6.61 Å². The highest BCUT2D eigenvalue weighted by molar-refractivity contribution is 9.10. The number of benzene rings is 1. The van der Waals surface area contributed by atoms with E-state index in [1.54, 1.807) is 31.2 Å². The van der Waals surface area contributed by atoms with Gasteiger partial charge in [0.25, 0.3) is 5.91 Å². The van der Waals surface area contributed by atoms with Crippen LogP contribution in [0.4, 0.5) is 0 Å². The van der Waals surface area contributed by atoms with E-state index in [1.807, 2.05) is 0 Å².